The van der Waals surface area contributed by atoms with Crippen molar-refractivity contribution in [3.05, 3.63) is 72.3 Å². The van der Waals surface area contributed by atoms with Crippen LogP contribution in [0, 0.1) is 0 Å². The Morgan fingerprint density at radius 3 is 2.52 bits per heavy atom. The van der Waals surface area contributed by atoms with Crippen LogP contribution in [0.1, 0.15) is 10.4 Å². The first-order chi connectivity index (χ1) is 14.1. The minimum Gasteiger partial charge on any atom is -0.478 e. The molecular weight excluding hydrogens is 390 g/mol. The standard InChI is InChI=1S/C20H15N5O3S/c26-17(12-29-20-22-23-24-25(20)14-8-2-1-3-9-14)21-16-11-5-7-13-6-4-10-15(18(13)16)19(27)28/h1-11H,12H2,(H,21,26)(H,27,28). The number of aromatic carboxylic acids is 1. The second kappa shape index (κ2) is 8.11. The van der Waals surface area contributed by atoms with E-state index in [2.05, 4.69) is 20.8 Å². The zero-order valence-electron chi connectivity index (χ0n) is 15.0. The number of tetrazole rings is 1. The van der Waals surface area contributed by atoms with Gasteiger partial charge in [0.1, 0.15) is 0 Å². The van der Waals surface area contributed by atoms with Crippen LogP contribution in [0.2, 0.25) is 0 Å². The van der Waals surface area contributed by atoms with Crippen molar-refractivity contribution < 1.29 is 14.7 Å². The number of benzene rings is 3. The fourth-order valence-electron chi connectivity index (χ4n) is 2.94. The number of carbonyl (C=O) groups excluding carboxylic acids is 1. The van der Waals surface area contributed by atoms with Gasteiger partial charge in [0.05, 0.1) is 17.0 Å². The van der Waals surface area contributed by atoms with Crippen LogP contribution in [0.25, 0.3) is 16.5 Å². The summed E-state index contributed by atoms with van der Waals surface area (Å²) in [4.78, 5) is 24.1. The molecule has 144 valence electrons. The van der Waals surface area contributed by atoms with Crippen LogP contribution in [-0.4, -0.2) is 42.9 Å². The average molecular weight is 405 g/mol. The molecule has 0 aliphatic carbocycles. The number of aromatic nitrogens is 4. The van der Waals surface area contributed by atoms with Gasteiger partial charge in [-0.15, -0.1) is 5.10 Å². The summed E-state index contributed by atoms with van der Waals surface area (Å²) in [5.41, 5.74) is 1.38. The van der Waals surface area contributed by atoms with E-state index in [0.29, 0.717) is 16.2 Å². The number of nitrogens with zero attached hydrogens (tertiary/aromatic N) is 4. The van der Waals surface area contributed by atoms with Gasteiger partial charge in [0.2, 0.25) is 11.1 Å². The van der Waals surface area contributed by atoms with E-state index in [9.17, 15) is 14.7 Å². The molecule has 2 N–H and O–H groups in total. The van der Waals surface area contributed by atoms with Crippen LogP contribution < -0.4 is 5.32 Å². The molecule has 0 fully saturated rings. The largest absolute Gasteiger partial charge is 0.478 e. The normalized spacial score (nSPS) is 10.8. The predicted molar refractivity (Wildman–Crippen MR) is 109 cm³/mol. The molecule has 0 unspecified atom stereocenters. The third-order valence-corrected chi connectivity index (χ3v) is 5.10. The molecular formula is C20H15N5O3S. The first-order valence-corrected chi connectivity index (χ1v) is 9.63. The van der Waals surface area contributed by atoms with Crippen molar-refractivity contribution >= 4 is 40.1 Å². The highest BCUT2D eigenvalue weighted by Gasteiger charge is 2.15. The van der Waals surface area contributed by atoms with Crippen LogP contribution in [-0.2, 0) is 4.79 Å². The van der Waals surface area contributed by atoms with E-state index in [4.69, 9.17) is 0 Å². The number of carboxylic acids is 1. The Morgan fingerprint density at radius 2 is 1.76 bits per heavy atom. The quantitative estimate of drug-likeness (QED) is 0.474. The SMILES string of the molecule is O=C(CSc1nnnn1-c1ccccc1)Nc1cccc2cccc(C(=O)O)c12. The number of rotatable bonds is 6. The van der Waals surface area contributed by atoms with Crippen LogP contribution in [0.4, 0.5) is 5.69 Å². The molecule has 4 rings (SSSR count). The summed E-state index contributed by atoms with van der Waals surface area (Å²) in [6.07, 6.45) is 0. The molecule has 8 nitrogen and oxygen atoms in total. The van der Waals surface area contributed by atoms with Gasteiger partial charge in [-0.3, -0.25) is 4.79 Å². The summed E-state index contributed by atoms with van der Waals surface area (Å²) in [5, 5.41) is 25.6. The molecule has 0 aliphatic rings. The minimum atomic E-state index is -1.05. The van der Waals surface area contributed by atoms with E-state index < -0.39 is 5.97 Å². The highest BCUT2D eigenvalue weighted by Crippen LogP contribution is 2.28. The highest BCUT2D eigenvalue weighted by molar-refractivity contribution is 7.99. The molecule has 0 spiro atoms. The Hall–Kier alpha value is -3.72. The Balaban J connectivity index is 1.52. The number of para-hydroxylation sites is 1. The van der Waals surface area contributed by atoms with Crippen LogP contribution in [0.15, 0.2) is 71.9 Å². The van der Waals surface area contributed by atoms with Gasteiger partial charge >= 0.3 is 5.97 Å². The van der Waals surface area contributed by atoms with Gasteiger partial charge in [0.15, 0.2) is 0 Å². The number of hydrogen-bond acceptors (Lipinski definition) is 6. The number of carbonyl (C=O) groups is 2. The Morgan fingerprint density at radius 1 is 1.00 bits per heavy atom. The van der Waals surface area contributed by atoms with Crippen molar-refractivity contribution in [3.8, 4) is 5.69 Å². The average Bonchev–Trinajstić information content (AvgIpc) is 3.21. The molecule has 1 amide bonds. The van der Waals surface area contributed by atoms with E-state index in [1.165, 1.54) is 17.8 Å². The predicted octanol–water partition coefficient (Wildman–Crippen LogP) is 3.24. The molecule has 3 aromatic carbocycles. The van der Waals surface area contributed by atoms with Gasteiger partial charge < -0.3 is 10.4 Å². The number of carboxylic acid groups (broad SMARTS) is 1. The number of hydrogen-bond donors (Lipinski definition) is 2. The number of thioether (sulfide) groups is 1. The van der Waals surface area contributed by atoms with E-state index in [1.807, 2.05) is 30.3 Å². The first-order valence-electron chi connectivity index (χ1n) is 8.65. The summed E-state index contributed by atoms with van der Waals surface area (Å²) in [5.74, 6) is -1.27. The zero-order chi connectivity index (χ0) is 20.2. The summed E-state index contributed by atoms with van der Waals surface area (Å²) < 4.78 is 1.55. The van der Waals surface area contributed by atoms with Crippen molar-refractivity contribution in [1.82, 2.24) is 20.2 Å². The van der Waals surface area contributed by atoms with Crippen molar-refractivity contribution in [2.45, 2.75) is 5.16 Å². The molecule has 0 atom stereocenters. The summed E-state index contributed by atoms with van der Waals surface area (Å²) in [6.45, 7) is 0. The summed E-state index contributed by atoms with van der Waals surface area (Å²) in [7, 11) is 0. The molecule has 0 saturated carbocycles. The second-order valence-electron chi connectivity index (χ2n) is 6.06. The van der Waals surface area contributed by atoms with Crippen LogP contribution in [0.5, 0.6) is 0 Å². The van der Waals surface area contributed by atoms with Gasteiger partial charge in [-0.1, -0.05) is 54.2 Å². The van der Waals surface area contributed by atoms with Gasteiger partial charge in [-0.2, -0.15) is 4.68 Å². The molecule has 0 radical (unpaired) electrons. The molecule has 0 aliphatic heterocycles. The van der Waals surface area contributed by atoms with Crippen molar-refractivity contribution in [2.24, 2.45) is 0 Å². The number of nitrogens with one attached hydrogen (secondary N) is 1. The molecule has 9 heteroatoms. The van der Waals surface area contributed by atoms with Crippen molar-refractivity contribution in [1.29, 1.82) is 0 Å². The van der Waals surface area contributed by atoms with Crippen LogP contribution >= 0.6 is 11.8 Å². The number of fused-ring (bicyclic) bond motifs is 1. The van der Waals surface area contributed by atoms with Gasteiger partial charge in [0, 0.05) is 11.1 Å². The lowest BCUT2D eigenvalue weighted by Gasteiger charge is -2.11. The highest BCUT2D eigenvalue weighted by atomic mass is 32.2. The maximum Gasteiger partial charge on any atom is 0.336 e. The second-order valence-corrected chi connectivity index (χ2v) is 7.00. The maximum absolute atomic E-state index is 12.5. The van der Waals surface area contributed by atoms with Crippen LogP contribution in [0.3, 0.4) is 0 Å². The maximum atomic E-state index is 12.5. The molecule has 29 heavy (non-hydrogen) atoms. The topological polar surface area (TPSA) is 110 Å². The molecule has 0 bridgehead atoms. The zero-order valence-corrected chi connectivity index (χ0v) is 15.8. The Kier molecular flexibility index (Phi) is 5.21. The lowest BCUT2D eigenvalue weighted by Crippen LogP contribution is -2.15. The Bertz CT molecular complexity index is 1190. The summed E-state index contributed by atoms with van der Waals surface area (Å²) in [6, 6.07) is 19.6. The number of anilines is 1. The molecule has 4 aromatic rings. The van der Waals surface area contributed by atoms with E-state index in [-0.39, 0.29) is 17.2 Å². The van der Waals surface area contributed by atoms with Crippen molar-refractivity contribution in [2.75, 3.05) is 11.1 Å². The lowest BCUT2D eigenvalue weighted by atomic mass is 10.0. The first kappa shape index (κ1) is 18.6. The fraction of sp³-hybridized carbons (Fsp3) is 0.0500. The molecule has 0 saturated heterocycles. The van der Waals surface area contributed by atoms with Gasteiger partial charge in [-0.05, 0) is 40.1 Å². The molecule has 1 heterocycles. The van der Waals surface area contributed by atoms with E-state index in [0.717, 1.165) is 11.1 Å². The van der Waals surface area contributed by atoms with E-state index >= 15 is 0 Å². The smallest absolute Gasteiger partial charge is 0.336 e. The Labute approximate surface area is 169 Å². The lowest BCUT2D eigenvalue weighted by molar-refractivity contribution is -0.113. The van der Waals surface area contributed by atoms with Crippen molar-refractivity contribution in [3.63, 3.8) is 0 Å². The number of amides is 1. The van der Waals surface area contributed by atoms with Gasteiger partial charge in [0.25, 0.3) is 0 Å². The van der Waals surface area contributed by atoms with Gasteiger partial charge in [-0.25, -0.2) is 4.79 Å². The summed E-state index contributed by atoms with van der Waals surface area (Å²) >= 11 is 1.19. The molecule has 1 aromatic heterocycles. The third-order valence-electron chi connectivity index (χ3n) is 4.18. The van der Waals surface area contributed by atoms with E-state index in [1.54, 1.807) is 35.0 Å². The minimum absolute atomic E-state index is 0.0683. The fourth-order valence-corrected chi connectivity index (χ4v) is 3.63. The monoisotopic (exact) mass is 405 g/mol. The third kappa shape index (κ3) is 3.94.